The average Bonchev–Trinajstić information content (AvgIpc) is 2.82. The van der Waals surface area contributed by atoms with Crippen LogP contribution in [-0.2, 0) is 13.0 Å². The van der Waals surface area contributed by atoms with E-state index in [0.29, 0.717) is 22.7 Å². The summed E-state index contributed by atoms with van der Waals surface area (Å²) in [4.78, 5) is 25.9. The molecule has 0 radical (unpaired) electrons. The molecular weight excluding hydrogens is 448 g/mol. The van der Waals surface area contributed by atoms with Crippen LogP contribution in [0.15, 0.2) is 72.8 Å². The number of allylic oxidation sites excluding steroid dienone is 1. The molecule has 0 aromatic heterocycles. The molecule has 1 heterocycles. The summed E-state index contributed by atoms with van der Waals surface area (Å²) >= 11 is 5.91. The van der Waals surface area contributed by atoms with Crippen molar-refractivity contribution in [3.05, 3.63) is 106 Å². The summed E-state index contributed by atoms with van der Waals surface area (Å²) in [6.07, 6.45) is 2.44. The number of hydrogen-bond acceptors (Lipinski definition) is 4. The molecule has 0 saturated heterocycles. The lowest BCUT2D eigenvalue weighted by Crippen LogP contribution is -2.43. The minimum atomic E-state index is -0.246. The third-order valence-electron chi connectivity index (χ3n) is 5.76. The molecule has 0 bridgehead atoms. The van der Waals surface area contributed by atoms with E-state index in [-0.39, 0.29) is 17.2 Å². The fourth-order valence-corrected chi connectivity index (χ4v) is 4.19. The fraction of sp³-hybridized carbons (Fsp3) is 0.214. The Morgan fingerprint density at radius 3 is 2.53 bits per heavy atom. The molecule has 0 fully saturated rings. The zero-order chi connectivity index (χ0) is 24.3. The van der Waals surface area contributed by atoms with Crippen molar-refractivity contribution in [3.63, 3.8) is 0 Å². The highest BCUT2D eigenvalue weighted by Gasteiger charge is 2.28. The highest BCUT2D eigenvalue weighted by Crippen LogP contribution is 2.32. The number of halogens is 1. The van der Waals surface area contributed by atoms with Crippen molar-refractivity contribution in [3.8, 4) is 5.75 Å². The highest BCUT2D eigenvalue weighted by molar-refractivity contribution is 6.30. The molecule has 0 spiro atoms. The molecule has 0 unspecified atom stereocenters. The molecule has 174 valence electrons. The van der Waals surface area contributed by atoms with Gasteiger partial charge in [-0.15, -0.1) is 0 Å². The van der Waals surface area contributed by atoms with Crippen molar-refractivity contribution < 1.29 is 14.3 Å². The number of methoxy groups -OCH3 is 1. The third kappa shape index (κ3) is 5.49. The lowest BCUT2D eigenvalue weighted by Gasteiger charge is -2.35. The largest absolute Gasteiger partial charge is 0.497 e. The maximum absolute atomic E-state index is 13.2. The van der Waals surface area contributed by atoms with E-state index < -0.39 is 0 Å². The Hall–Kier alpha value is -3.57. The van der Waals surface area contributed by atoms with Crippen LogP contribution in [0.3, 0.4) is 0 Å². The zero-order valence-corrected chi connectivity index (χ0v) is 20.2. The van der Waals surface area contributed by atoms with Gasteiger partial charge in [0.1, 0.15) is 5.75 Å². The van der Waals surface area contributed by atoms with Gasteiger partial charge in [0.15, 0.2) is 5.78 Å². The molecule has 34 heavy (non-hydrogen) atoms. The van der Waals surface area contributed by atoms with Gasteiger partial charge in [-0.25, -0.2) is 0 Å². The van der Waals surface area contributed by atoms with Crippen molar-refractivity contribution in [2.75, 3.05) is 7.11 Å². The number of ketones is 1. The second kappa shape index (κ2) is 9.74. The molecule has 6 heteroatoms. The molecule has 0 atom stereocenters. The van der Waals surface area contributed by atoms with E-state index in [0.717, 1.165) is 34.6 Å². The topological polar surface area (TPSA) is 67.4 Å². The summed E-state index contributed by atoms with van der Waals surface area (Å²) in [5.74, 6) is 0.309. The summed E-state index contributed by atoms with van der Waals surface area (Å²) in [5, 5.41) is 7.01. The lowest BCUT2D eigenvalue weighted by molar-refractivity contribution is 0.0951. The van der Waals surface area contributed by atoms with E-state index in [4.69, 9.17) is 16.3 Å². The summed E-state index contributed by atoms with van der Waals surface area (Å²) < 4.78 is 5.38. The van der Waals surface area contributed by atoms with Gasteiger partial charge >= 0.3 is 0 Å². The number of carbonyl (C=O) groups excluding carboxylic acids is 2. The van der Waals surface area contributed by atoms with Crippen molar-refractivity contribution >= 4 is 29.0 Å². The molecule has 1 aliphatic heterocycles. The molecule has 5 nitrogen and oxygen atoms in total. The second-order valence-electron chi connectivity index (χ2n) is 9.02. The van der Waals surface area contributed by atoms with Crippen LogP contribution < -0.4 is 15.4 Å². The molecular formula is C28H27ClN2O3. The van der Waals surface area contributed by atoms with Gasteiger partial charge in [-0.1, -0.05) is 41.9 Å². The van der Waals surface area contributed by atoms with Crippen LogP contribution in [0.25, 0.3) is 5.70 Å². The van der Waals surface area contributed by atoms with Crippen molar-refractivity contribution in [1.82, 2.24) is 10.6 Å². The van der Waals surface area contributed by atoms with Crippen LogP contribution in [0, 0.1) is 0 Å². The monoisotopic (exact) mass is 474 g/mol. The number of rotatable bonds is 6. The van der Waals surface area contributed by atoms with Gasteiger partial charge in [0, 0.05) is 45.6 Å². The van der Waals surface area contributed by atoms with Gasteiger partial charge in [0.25, 0.3) is 5.91 Å². The molecule has 0 aliphatic carbocycles. The van der Waals surface area contributed by atoms with Gasteiger partial charge in [0.2, 0.25) is 0 Å². The van der Waals surface area contributed by atoms with Gasteiger partial charge in [-0.3, -0.25) is 9.59 Å². The molecule has 0 saturated carbocycles. The van der Waals surface area contributed by atoms with E-state index in [1.165, 1.54) is 0 Å². The number of carbonyl (C=O) groups is 2. The SMILES string of the molecule is COc1ccc2c(c1)/C(=C/C(=O)c1cccc(C(=O)NCc3ccc(Cl)cc3)c1)NC(C)(C)C2. The van der Waals surface area contributed by atoms with E-state index >= 15 is 0 Å². The first kappa shape index (κ1) is 23.6. The Labute approximate surface area is 204 Å². The minimum absolute atomic E-state index is 0.179. The number of benzene rings is 3. The number of amides is 1. The van der Waals surface area contributed by atoms with Gasteiger partial charge in [-0.2, -0.15) is 0 Å². The van der Waals surface area contributed by atoms with Gasteiger partial charge in [-0.05, 0) is 67.8 Å². The van der Waals surface area contributed by atoms with Crippen molar-refractivity contribution in [1.29, 1.82) is 0 Å². The minimum Gasteiger partial charge on any atom is -0.497 e. The van der Waals surface area contributed by atoms with Crippen LogP contribution >= 0.6 is 11.6 Å². The summed E-state index contributed by atoms with van der Waals surface area (Å²) in [5.41, 5.74) is 4.46. The maximum Gasteiger partial charge on any atom is 0.251 e. The number of ether oxygens (including phenoxy) is 1. The van der Waals surface area contributed by atoms with E-state index in [9.17, 15) is 9.59 Å². The Morgan fingerprint density at radius 2 is 1.79 bits per heavy atom. The molecule has 1 aliphatic rings. The fourth-order valence-electron chi connectivity index (χ4n) is 4.07. The Bertz CT molecular complexity index is 1260. The Balaban J connectivity index is 1.55. The van der Waals surface area contributed by atoms with Gasteiger partial charge in [0.05, 0.1) is 7.11 Å². The first-order valence-electron chi connectivity index (χ1n) is 11.1. The third-order valence-corrected chi connectivity index (χ3v) is 6.02. The van der Waals surface area contributed by atoms with Crippen LogP contribution in [0.5, 0.6) is 5.75 Å². The van der Waals surface area contributed by atoms with Gasteiger partial charge < -0.3 is 15.4 Å². The standard InChI is InChI=1S/C28H27ClN2O3/c1-28(2)16-21-9-12-23(34-3)14-24(21)25(31-28)15-26(32)19-5-4-6-20(13-19)27(33)30-17-18-7-10-22(29)11-8-18/h4-15,31H,16-17H2,1-3H3,(H,30,33)/b25-15-. The molecule has 4 rings (SSSR count). The second-order valence-corrected chi connectivity index (χ2v) is 9.46. The number of nitrogens with one attached hydrogen (secondary N) is 2. The first-order chi connectivity index (χ1) is 16.2. The summed E-state index contributed by atoms with van der Waals surface area (Å²) in [6, 6.07) is 20.0. The number of fused-ring (bicyclic) bond motifs is 1. The summed E-state index contributed by atoms with van der Waals surface area (Å²) in [7, 11) is 1.62. The molecule has 2 N–H and O–H groups in total. The van der Waals surface area contributed by atoms with Crippen LogP contribution in [0.1, 0.15) is 51.3 Å². The summed E-state index contributed by atoms with van der Waals surface area (Å²) in [6.45, 7) is 4.57. The lowest BCUT2D eigenvalue weighted by atomic mass is 9.85. The average molecular weight is 475 g/mol. The quantitative estimate of drug-likeness (QED) is 0.369. The Kier molecular flexibility index (Phi) is 6.75. The van der Waals surface area contributed by atoms with Crippen LogP contribution in [0.2, 0.25) is 5.02 Å². The number of hydrogen-bond donors (Lipinski definition) is 2. The predicted octanol–water partition coefficient (Wildman–Crippen LogP) is 5.43. The molecule has 3 aromatic carbocycles. The molecule has 1 amide bonds. The Morgan fingerprint density at radius 1 is 1.06 bits per heavy atom. The maximum atomic E-state index is 13.2. The van der Waals surface area contributed by atoms with Crippen LogP contribution in [0.4, 0.5) is 0 Å². The molecule has 3 aromatic rings. The van der Waals surface area contributed by atoms with Crippen molar-refractivity contribution in [2.45, 2.75) is 32.4 Å². The van der Waals surface area contributed by atoms with E-state index in [2.05, 4.69) is 24.5 Å². The zero-order valence-electron chi connectivity index (χ0n) is 19.4. The first-order valence-corrected chi connectivity index (χ1v) is 11.5. The smallest absolute Gasteiger partial charge is 0.251 e. The van der Waals surface area contributed by atoms with E-state index in [1.807, 2.05) is 30.3 Å². The van der Waals surface area contributed by atoms with Crippen LogP contribution in [-0.4, -0.2) is 24.3 Å². The normalized spacial score (nSPS) is 15.2. The van der Waals surface area contributed by atoms with E-state index in [1.54, 1.807) is 49.6 Å². The highest BCUT2D eigenvalue weighted by atomic mass is 35.5. The predicted molar refractivity (Wildman–Crippen MR) is 135 cm³/mol. The van der Waals surface area contributed by atoms with Crippen molar-refractivity contribution in [2.24, 2.45) is 0 Å².